The number of likely N-dealkylation sites (tertiary alicyclic amines) is 1. The molecule has 0 bridgehead atoms. The van der Waals surface area contributed by atoms with Gasteiger partial charge in [0.2, 0.25) is 0 Å². The molecule has 31 heavy (non-hydrogen) atoms. The van der Waals surface area contributed by atoms with Crippen molar-refractivity contribution >= 4 is 16.8 Å². The lowest BCUT2D eigenvalue weighted by molar-refractivity contribution is 0.0432. The van der Waals surface area contributed by atoms with Crippen LogP contribution in [0.5, 0.6) is 0 Å². The molecule has 3 heterocycles. The molecule has 2 aromatic heterocycles. The molecule has 164 valence electrons. The Labute approximate surface area is 178 Å². The van der Waals surface area contributed by atoms with Gasteiger partial charge in [-0.05, 0) is 37.7 Å². The van der Waals surface area contributed by atoms with Gasteiger partial charge in [-0.3, -0.25) is 19.1 Å². The molecule has 3 aromatic rings. The molecular formula is C22H26F2N6O. The zero-order valence-corrected chi connectivity index (χ0v) is 17.5. The number of nitrogens with zero attached hydrogens (tertiary/aromatic N) is 5. The van der Waals surface area contributed by atoms with Crippen molar-refractivity contribution in [2.75, 3.05) is 19.6 Å². The van der Waals surface area contributed by atoms with Gasteiger partial charge in [0.1, 0.15) is 12.0 Å². The molecule has 1 aliphatic heterocycles. The van der Waals surface area contributed by atoms with Crippen molar-refractivity contribution in [1.82, 2.24) is 24.5 Å². The van der Waals surface area contributed by atoms with Crippen LogP contribution in [0, 0.1) is 11.7 Å². The second-order valence-corrected chi connectivity index (χ2v) is 8.90. The maximum absolute atomic E-state index is 15.0. The van der Waals surface area contributed by atoms with Crippen LogP contribution in [0.1, 0.15) is 42.2 Å². The van der Waals surface area contributed by atoms with E-state index in [1.54, 1.807) is 34.9 Å². The Hall–Kier alpha value is -2.81. The fourth-order valence-electron chi connectivity index (χ4n) is 4.99. The summed E-state index contributed by atoms with van der Waals surface area (Å²) in [5.74, 6) is -0.472. The largest absolute Gasteiger partial charge is 0.364 e. The SMILES string of the molecule is Cn1cc(-c2cc3c(C(N)=O)nn(C4CCC(CN5CC(F)C5)CC4)c3cc2F)cn1. The number of aromatic nitrogens is 4. The molecule has 1 aliphatic carbocycles. The third-order valence-electron chi connectivity index (χ3n) is 6.64. The molecule has 1 saturated carbocycles. The number of carbonyl (C=O) groups is 1. The van der Waals surface area contributed by atoms with Crippen molar-refractivity contribution in [1.29, 1.82) is 0 Å². The van der Waals surface area contributed by atoms with Crippen molar-refractivity contribution in [3.8, 4) is 11.1 Å². The molecule has 0 spiro atoms. The molecule has 9 heteroatoms. The summed E-state index contributed by atoms with van der Waals surface area (Å²) in [5.41, 5.74) is 7.35. The van der Waals surface area contributed by atoms with E-state index >= 15 is 4.39 Å². The van der Waals surface area contributed by atoms with E-state index in [1.165, 1.54) is 6.07 Å². The lowest BCUT2D eigenvalue weighted by Gasteiger charge is -2.39. The zero-order valence-electron chi connectivity index (χ0n) is 17.5. The fraction of sp³-hybridized carbons (Fsp3) is 0.500. The van der Waals surface area contributed by atoms with Crippen LogP contribution >= 0.6 is 0 Å². The van der Waals surface area contributed by atoms with Gasteiger partial charge in [-0.1, -0.05) is 0 Å². The Morgan fingerprint density at radius 1 is 1.23 bits per heavy atom. The molecule has 0 radical (unpaired) electrons. The van der Waals surface area contributed by atoms with E-state index in [9.17, 15) is 9.18 Å². The van der Waals surface area contributed by atoms with Crippen molar-refractivity contribution in [3.63, 3.8) is 0 Å². The van der Waals surface area contributed by atoms with Crippen LogP contribution in [-0.2, 0) is 7.05 Å². The van der Waals surface area contributed by atoms with Gasteiger partial charge in [0, 0.05) is 55.5 Å². The van der Waals surface area contributed by atoms with Crippen molar-refractivity contribution in [3.05, 3.63) is 36.0 Å². The highest BCUT2D eigenvalue weighted by atomic mass is 19.1. The Morgan fingerprint density at radius 2 is 1.97 bits per heavy atom. The first-order chi connectivity index (χ1) is 14.9. The number of fused-ring (bicyclic) bond motifs is 1. The van der Waals surface area contributed by atoms with Gasteiger partial charge in [0.05, 0.1) is 17.8 Å². The number of halogens is 2. The number of aryl methyl sites for hydroxylation is 1. The summed E-state index contributed by atoms with van der Waals surface area (Å²) in [6, 6.07) is 3.18. The lowest BCUT2D eigenvalue weighted by Crippen LogP contribution is -2.50. The molecule has 5 rings (SSSR count). The van der Waals surface area contributed by atoms with Gasteiger partial charge in [0.25, 0.3) is 5.91 Å². The normalized spacial score (nSPS) is 22.7. The smallest absolute Gasteiger partial charge is 0.269 e. The summed E-state index contributed by atoms with van der Waals surface area (Å²) < 4.78 is 31.5. The average Bonchev–Trinajstić information content (AvgIpc) is 3.30. The predicted molar refractivity (Wildman–Crippen MR) is 113 cm³/mol. The molecule has 1 aromatic carbocycles. The maximum atomic E-state index is 15.0. The summed E-state index contributed by atoms with van der Waals surface area (Å²) in [4.78, 5) is 14.3. The van der Waals surface area contributed by atoms with E-state index in [0.29, 0.717) is 41.0 Å². The summed E-state index contributed by atoms with van der Waals surface area (Å²) in [7, 11) is 1.76. The quantitative estimate of drug-likeness (QED) is 0.677. The fourth-order valence-corrected chi connectivity index (χ4v) is 4.99. The molecule has 1 saturated heterocycles. The minimum absolute atomic E-state index is 0.0841. The van der Waals surface area contributed by atoms with Crippen LogP contribution in [0.2, 0.25) is 0 Å². The van der Waals surface area contributed by atoms with Crippen LogP contribution in [0.3, 0.4) is 0 Å². The van der Waals surface area contributed by atoms with Crippen LogP contribution in [0.25, 0.3) is 22.0 Å². The number of alkyl halides is 1. The monoisotopic (exact) mass is 428 g/mol. The zero-order chi connectivity index (χ0) is 21.7. The maximum Gasteiger partial charge on any atom is 0.269 e. The summed E-state index contributed by atoms with van der Waals surface area (Å²) in [6.45, 7) is 2.02. The number of amides is 1. The summed E-state index contributed by atoms with van der Waals surface area (Å²) in [6.07, 6.45) is 6.41. The van der Waals surface area contributed by atoms with Gasteiger partial charge in [-0.15, -0.1) is 0 Å². The minimum Gasteiger partial charge on any atom is -0.364 e. The first kappa shape index (κ1) is 20.1. The third-order valence-corrected chi connectivity index (χ3v) is 6.64. The Bertz CT molecular complexity index is 1120. The van der Waals surface area contributed by atoms with Crippen LogP contribution in [0.15, 0.2) is 24.5 Å². The predicted octanol–water partition coefficient (Wildman–Crippen LogP) is 3.06. The highest BCUT2D eigenvalue weighted by Crippen LogP contribution is 2.37. The molecule has 0 atom stereocenters. The van der Waals surface area contributed by atoms with E-state index in [1.807, 2.05) is 0 Å². The van der Waals surface area contributed by atoms with Gasteiger partial charge in [0.15, 0.2) is 5.69 Å². The van der Waals surface area contributed by atoms with Crippen molar-refractivity contribution in [2.45, 2.75) is 37.9 Å². The van der Waals surface area contributed by atoms with Crippen molar-refractivity contribution < 1.29 is 13.6 Å². The molecule has 2 N–H and O–H groups in total. The van der Waals surface area contributed by atoms with Gasteiger partial charge in [-0.25, -0.2) is 8.78 Å². The van der Waals surface area contributed by atoms with E-state index < -0.39 is 12.1 Å². The Kier molecular flexibility index (Phi) is 5.00. The van der Waals surface area contributed by atoms with Crippen molar-refractivity contribution in [2.24, 2.45) is 18.7 Å². The molecule has 0 unspecified atom stereocenters. The highest BCUT2D eigenvalue weighted by Gasteiger charge is 2.31. The molecule has 2 aliphatic rings. The number of nitrogens with two attached hydrogens (primary N) is 1. The van der Waals surface area contributed by atoms with E-state index in [-0.39, 0.29) is 17.6 Å². The van der Waals surface area contributed by atoms with Gasteiger partial charge in [-0.2, -0.15) is 10.2 Å². The Balaban J connectivity index is 1.43. The van der Waals surface area contributed by atoms with E-state index in [0.717, 1.165) is 32.2 Å². The number of carbonyl (C=O) groups excluding carboxylic acids is 1. The number of primary amides is 1. The van der Waals surface area contributed by atoms with E-state index in [2.05, 4.69) is 15.1 Å². The number of hydrogen-bond donors (Lipinski definition) is 1. The standard InChI is InChI=1S/C22H26F2N6O/c1-28-10-14(8-26-28)17-6-18-20(7-19(17)24)30(27-21(18)22(25)31)16-4-2-13(3-5-16)9-29-11-15(23)12-29/h6-8,10,13,15-16H,2-5,9,11-12H2,1H3,(H2,25,31). The lowest BCUT2D eigenvalue weighted by atomic mass is 9.85. The third kappa shape index (κ3) is 3.71. The number of rotatable bonds is 5. The first-order valence-corrected chi connectivity index (χ1v) is 10.8. The van der Waals surface area contributed by atoms with Crippen LogP contribution in [0.4, 0.5) is 8.78 Å². The molecular weight excluding hydrogens is 402 g/mol. The summed E-state index contributed by atoms with van der Waals surface area (Å²) in [5, 5.41) is 9.18. The van der Waals surface area contributed by atoms with Gasteiger partial charge < -0.3 is 5.73 Å². The van der Waals surface area contributed by atoms with Crippen LogP contribution in [-0.4, -0.2) is 56.2 Å². The summed E-state index contributed by atoms with van der Waals surface area (Å²) >= 11 is 0. The Morgan fingerprint density at radius 3 is 2.58 bits per heavy atom. The highest BCUT2D eigenvalue weighted by molar-refractivity contribution is 6.05. The molecule has 1 amide bonds. The average molecular weight is 428 g/mol. The minimum atomic E-state index is -0.676. The molecule has 7 nitrogen and oxygen atoms in total. The molecule has 2 fully saturated rings. The van der Waals surface area contributed by atoms with Crippen LogP contribution < -0.4 is 5.73 Å². The number of benzene rings is 1. The topological polar surface area (TPSA) is 82.0 Å². The first-order valence-electron chi connectivity index (χ1n) is 10.8. The number of hydrogen-bond acceptors (Lipinski definition) is 4. The van der Waals surface area contributed by atoms with E-state index in [4.69, 9.17) is 5.73 Å². The van der Waals surface area contributed by atoms with Gasteiger partial charge >= 0.3 is 0 Å². The second kappa shape index (κ2) is 7.71. The second-order valence-electron chi connectivity index (χ2n) is 8.90.